The number of amides is 1. The van der Waals surface area contributed by atoms with Gasteiger partial charge in [-0.15, -0.1) is 0 Å². The van der Waals surface area contributed by atoms with Crippen LogP contribution in [0.5, 0.6) is 0 Å². The molecule has 1 aromatic rings. The SMILES string of the molecule is CC1(C)OC2OC(CNC(=O)c3ccc([N+](=O)[O-])o3)C3OC(C)(C)OC3C2O1. The average molecular weight is 398 g/mol. The van der Waals surface area contributed by atoms with Gasteiger partial charge in [0.15, 0.2) is 23.6 Å². The van der Waals surface area contributed by atoms with Crippen molar-refractivity contribution in [2.75, 3.05) is 6.54 Å². The Hall–Kier alpha value is -2.05. The smallest absolute Gasteiger partial charge is 0.395 e. The third kappa shape index (κ3) is 3.51. The van der Waals surface area contributed by atoms with E-state index in [2.05, 4.69) is 5.32 Å². The number of hydrogen-bond donors (Lipinski definition) is 1. The first kappa shape index (κ1) is 19.3. The zero-order valence-electron chi connectivity index (χ0n) is 15.9. The highest BCUT2D eigenvalue weighted by atomic mass is 16.9. The summed E-state index contributed by atoms with van der Waals surface area (Å²) >= 11 is 0. The van der Waals surface area contributed by atoms with Crippen LogP contribution in [-0.4, -0.2) is 59.7 Å². The van der Waals surface area contributed by atoms with Gasteiger partial charge in [0.1, 0.15) is 29.3 Å². The number of rotatable bonds is 4. The van der Waals surface area contributed by atoms with E-state index in [0.717, 1.165) is 6.07 Å². The van der Waals surface area contributed by atoms with Crippen molar-refractivity contribution in [1.82, 2.24) is 5.32 Å². The normalized spacial score (nSPS) is 35.2. The van der Waals surface area contributed by atoms with E-state index in [-0.39, 0.29) is 12.3 Å². The second-order valence-electron chi connectivity index (χ2n) is 7.81. The average Bonchev–Trinajstić information content (AvgIpc) is 3.25. The highest BCUT2D eigenvalue weighted by Gasteiger charge is 2.60. The van der Waals surface area contributed by atoms with Crippen molar-refractivity contribution in [3.8, 4) is 0 Å². The molecule has 0 bridgehead atoms. The Bertz CT molecular complexity index is 789. The zero-order valence-corrected chi connectivity index (χ0v) is 15.9. The maximum Gasteiger partial charge on any atom is 0.433 e. The van der Waals surface area contributed by atoms with Gasteiger partial charge in [-0.25, -0.2) is 0 Å². The lowest BCUT2D eigenvalue weighted by molar-refractivity contribution is -0.402. The van der Waals surface area contributed by atoms with E-state index in [1.54, 1.807) is 27.7 Å². The van der Waals surface area contributed by atoms with Gasteiger partial charge in [-0.1, -0.05) is 0 Å². The molecule has 0 saturated carbocycles. The maximum absolute atomic E-state index is 12.3. The van der Waals surface area contributed by atoms with Crippen LogP contribution in [0.1, 0.15) is 38.2 Å². The first-order valence-corrected chi connectivity index (χ1v) is 8.94. The van der Waals surface area contributed by atoms with Crippen molar-refractivity contribution in [3.05, 3.63) is 28.0 Å². The number of fused-ring (bicyclic) bond motifs is 3. The van der Waals surface area contributed by atoms with Crippen LogP contribution in [-0.2, 0) is 23.7 Å². The summed E-state index contributed by atoms with van der Waals surface area (Å²) in [6, 6.07) is 2.36. The van der Waals surface area contributed by atoms with Crippen molar-refractivity contribution >= 4 is 11.8 Å². The molecular formula is C17H22N2O9. The lowest BCUT2D eigenvalue weighted by atomic mass is 9.99. The molecule has 0 radical (unpaired) electrons. The van der Waals surface area contributed by atoms with Crippen LogP contribution < -0.4 is 5.32 Å². The van der Waals surface area contributed by atoms with Gasteiger partial charge in [-0.3, -0.25) is 14.9 Å². The summed E-state index contributed by atoms with van der Waals surface area (Å²) in [5.74, 6) is -2.94. The molecule has 4 heterocycles. The van der Waals surface area contributed by atoms with Gasteiger partial charge >= 0.3 is 5.88 Å². The Balaban J connectivity index is 1.46. The molecule has 1 amide bonds. The Kier molecular flexibility index (Phi) is 4.47. The number of carbonyl (C=O) groups excluding carboxylic acids is 1. The minimum atomic E-state index is -0.840. The molecule has 4 rings (SSSR count). The predicted octanol–water partition coefficient (Wildman–Crippen LogP) is 1.31. The molecule has 11 nitrogen and oxygen atoms in total. The summed E-state index contributed by atoms with van der Waals surface area (Å²) in [6.45, 7) is 7.22. The summed E-state index contributed by atoms with van der Waals surface area (Å²) in [5, 5.41) is 13.3. The number of furan rings is 1. The van der Waals surface area contributed by atoms with E-state index in [1.165, 1.54) is 6.07 Å². The van der Waals surface area contributed by atoms with Gasteiger partial charge in [-0.05, 0) is 33.8 Å². The van der Waals surface area contributed by atoms with Gasteiger partial charge in [0.25, 0.3) is 5.91 Å². The van der Waals surface area contributed by atoms with E-state index in [9.17, 15) is 14.9 Å². The lowest BCUT2D eigenvalue weighted by Crippen LogP contribution is -2.57. The topological polar surface area (TPSA) is 132 Å². The zero-order chi connectivity index (χ0) is 20.3. The minimum Gasteiger partial charge on any atom is -0.395 e. The highest BCUT2D eigenvalue weighted by molar-refractivity contribution is 5.91. The number of carbonyl (C=O) groups is 1. The summed E-state index contributed by atoms with van der Waals surface area (Å²) in [6.07, 6.45) is -2.61. The molecule has 3 aliphatic rings. The third-order valence-corrected chi connectivity index (χ3v) is 4.71. The van der Waals surface area contributed by atoms with E-state index >= 15 is 0 Å². The molecular weight excluding hydrogens is 376 g/mol. The van der Waals surface area contributed by atoms with E-state index in [1.807, 2.05) is 0 Å². The van der Waals surface area contributed by atoms with Crippen molar-refractivity contribution < 1.29 is 37.8 Å². The number of nitro groups is 1. The summed E-state index contributed by atoms with van der Waals surface area (Å²) in [5.41, 5.74) is 0. The fourth-order valence-corrected chi connectivity index (χ4v) is 3.69. The molecule has 3 fully saturated rings. The highest BCUT2D eigenvalue weighted by Crippen LogP contribution is 2.43. The Labute approximate surface area is 160 Å². The van der Waals surface area contributed by atoms with Crippen molar-refractivity contribution in [2.24, 2.45) is 0 Å². The van der Waals surface area contributed by atoms with Crippen LogP contribution >= 0.6 is 0 Å². The third-order valence-electron chi connectivity index (χ3n) is 4.71. The molecule has 3 saturated heterocycles. The first-order valence-electron chi connectivity index (χ1n) is 8.94. The predicted molar refractivity (Wildman–Crippen MR) is 90.2 cm³/mol. The maximum atomic E-state index is 12.3. The number of hydrogen-bond acceptors (Lipinski definition) is 9. The Morgan fingerprint density at radius 2 is 1.71 bits per heavy atom. The summed E-state index contributed by atoms with van der Waals surface area (Å²) < 4.78 is 34.6. The van der Waals surface area contributed by atoms with Crippen molar-refractivity contribution in [3.63, 3.8) is 0 Å². The molecule has 0 spiro atoms. The standard InChI is InChI=1S/C17H22N2O9/c1-16(2)25-11-9(7-18-14(20)8-5-6-10(23-8)19(21)22)24-15-13(12(11)26-16)27-17(3,4)28-15/h5-6,9,11-13,15H,7H2,1-4H3,(H,18,20). The van der Waals surface area contributed by atoms with E-state index in [4.69, 9.17) is 28.1 Å². The number of nitrogens with one attached hydrogen (secondary N) is 1. The van der Waals surface area contributed by atoms with Crippen LogP contribution in [0.2, 0.25) is 0 Å². The lowest BCUT2D eigenvalue weighted by Gasteiger charge is -2.37. The molecule has 0 aromatic carbocycles. The van der Waals surface area contributed by atoms with Gasteiger partial charge in [0.05, 0.1) is 6.07 Å². The molecule has 1 N–H and O–H groups in total. The Morgan fingerprint density at radius 3 is 2.39 bits per heavy atom. The van der Waals surface area contributed by atoms with Crippen molar-refractivity contribution in [2.45, 2.75) is 70.0 Å². The minimum absolute atomic E-state index is 0.0704. The summed E-state index contributed by atoms with van der Waals surface area (Å²) in [7, 11) is 0. The molecule has 28 heavy (non-hydrogen) atoms. The quantitative estimate of drug-likeness (QED) is 0.589. The van der Waals surface area contributed by atoms with Gasteiger partial charge < -0.3 is 33.4 Å². The molecule has 3 aliphatic heterocycles. The first-order chi connectivity index (χ1) is 13.0. The van der Waals surface area contributed by atoms with Gasteiger partial charge in [0.2, 0.25) is 0 Å². The fraction of sp³-hybridized carbons (Fsp3) is 0.706. The Morgan fingerprint density at radius 1 is 1.07 bits per heavy atom. The number of ether oxygens (including phenoxy) is 5. The van der Waals surface area contributed by atoms with Crippen LogP contribution in [0, 0.1) is 10.1 Å². The van der Waals surface area contributed by atoms with Crippen LogP contribution in [0.4, 0.5) is 5.88 Å². The van der Waals surface area contributed by atoms with Crippen LogP contribution in [0.15, 0.2) is 16.5 Å². The number of nitrogens with zero attached hydrogens (tertiary/aromatic N) is 1. The summed E-state index contributed by atoms with van der Waals surface area (Å²) in [4.78, 5) is 22.2. The van der Waals surface area contributed by atoms with Crippen molar-refractivity contribution in [1.29, 1.82) is 0 Å². The largest absolute Gasteiger partial charge is 0.433 e. The van der Waals surface area contributed by atoms with Crippen LogP contribution in [0.3, 0.4) is 0 Å². The molecule has 5 unspecified atom stereocenters. The molecule has 11 heteroatoms. The van der Waals surface area contributed by atoms with E-state index < -0.39 is 59.0 Å². The van der Waals surface area contributed by atoms with E-state index in [0.29, 0.717) is 0 Å². The second-order valence-corrected chi connectivity index (χ2v) is 7.81. The van der Waals surface area contributed by atoms with Gasteiger partial charge in [0, 0.05) is 6.54 Å². The molecule has 5 atom stereocenters. The monoisotopic (exact) mass is 398 g/mol. The fourth-order valence-electron chi connectivity index (χ4n) is 3.69. The molecule has 154 valence electrons. The van der Waals surface area contributed by atoms with Gasteiger partial charge in [-0.2, -0.15) is 0 Å². The molecule has 0 aliphatic carbocycles. The van der Waals surface area contributed by atoms with Crippen LogP contribution in [0.25, 0.3) is 0 Å². The molecule has 1 aromatic heterocycles. The second kappa shape index (κ2) is 6.49.